The highest BCUT2D eigenvalue weighted by Crippen LogP contribution is 2.35. The van der Waals surface area contributed by atoms with Crippen LogP contribution in [0.15, 0.2) is 36.4 Å². The lowest BCUT2D eigenvalue weighted by Gasteiger charge is -2.12. The summed E-state index contributed by atoms with van der Waals surface area (Å²) in [5, 5.41) is 20.8. The van der Waals surface area contributed by atoms with Crippen molar-refractivity contribution in [2.24, 2.45) is 0 Å². The molecule has 2 aromatic carbocycles. The quantitative estimate of drug-likeness (QED) is 0.437. The molecule has 0 aromatic heterocycles. The maximum atomic E-state index is 12.4. The summed E-state index contributed by atoms with van der Waals surface area (Å²) < 4.78 is 45.7. The van der Waals surface area contributed by atoms with E-state index in [1.807, 2.05) is 0 Å². The Morgan fingerprint density at radius 2 is 2.00 bits per heavy atom. The minimum atomic E-state index is -4.92. The lowest BCUT2D eigenvalue weighted by molar-refractivity contribution is -0.385. The molecule has 0 saturated heterocycles. The van der Waals surface area contributed by atoms with Crippen molar-refractivity contribution in [2.45, 2.75) is 13.3 Å². The fourth-order valence-electron chi connectivity index (χ4n) is 2.37. The normalized spacial score (nSPS) is 10.8. The van der Waals surface area contributed by atoms with Gasteiger partial charge in [-0.1, -0.05) is 18.2 Å². The van der Waals surface area contributed by atoms with Crippen LogP contribution in [-0.4, -0.2) is 23.9 Å². The third kappa shape index (κ3) is 4.52. The molecule has 0 aliphatic rings. The van der Waals surface area contributed by atoms with Crippen LogP contribution in [0.3, 0.4) is 0 Å². The van der Waals surface area contributed by atoms with Gasteiger partial charge in [-0.2, -0.15) is 5.26 Å². The Morgan fingerprint density at radius 3 is 2.56 bits per heavy atom. The van der Waals surface area contributed by atoms with Crippen molar-refractivity contribution >= 4 is 11.7 Å². The second-order valence-corrected chi connectivity index (χ2v) is 5.05. The molecule has 0 unspecified atom stereocenters. The molecule has 0 aliphatic heterocycles. The van der Waals surface area contributed by atoms with E-state index in [1.54, 1.807) is 6.07 Å². The zero-order chi connectivity index (χ0) is 20.2. The van der Waals surface area contributed by atoms with Crippen molar-refractivity contribution in [3.05, 3.63) is 57.6 Å². The van der Waals surface area contributed by atoms with Crippen LogP contribution in [0.25, 0.3) is 11.1 Å². The number of benzene rings is 2. The predicted molar refractivity (Wildman–Crippen MR) is 85.9 cm³/mol. The van der Waals surface area contributed by atoms with Crippen molar-refractivity contribution in [2.75, 3.05) is 6.61 Å². The molecule has 0 radical (unpaired) electrons. The number of nitrogens with zero attached hydrogens (tertiary/aromatic N) is 2. The smallest absolute Gasteiger partial charge is 0.462 e. The zero-order valence-electron chi connectivity index (χ0n) is 13.7. The molecule has 27 heavy (non-hydrogen) atoms. The van der Waals surface area contributed by atoms with Gasteiger partial charge in [0.15, 0.2) is 0 Å². The molecular weight excluding hydrogens is 369 g/mol. The van der Waals surface area contributed by atoms with Crippen molar-refractivity contribution in [1.29, 1.82) is 5.26 Å². The lowest BCUT2D eigenvalue weighted by atomic mass is 9.96. The molecule has 0 N–H and O–H groups in total. The van der Waals surface area contributed by atoms with Gasteiger partial charge in [0.05, 0.1) is 11.5 Å². The van der Waals surface area contributed by atoms with E-state index in [0.29, 0.717) is 0 Å². The summed E-state index contributed by atoms with van der Waals surface area (Å²) in [6, 6.07) is 8.57. The van der Waals surface area contributed by atoms with E-state index in [1.165, 1.54) is 25.1 Å². The fraction of sp³-hybridized carbons (Fsp3) is 0.176. The third-order valence-corrected chi connectivity index (χ3v) is 3.35. The van der Waals surface area contributed by atoms with Crippen LogP contribution in [0.1, 0.15) is 22.8 Å². The first-order chi connectivity index (χ1) is 12.7. The van der Waals surface area contributed by atoms with Gasteiger partial charge < -0.3 is 9.47 Å². The first-order valence-corrected chi connectivity index (χ1v) is 7.42. The van der Waals surface area contributed by atoms with Gasteiger partial charge in [0.1, 0.15) is 22.9 Å². The number of hydrogen-bond donors (Lipinski definition) is 0. The number of nitro benzene ring substituents is 1. The second-order valence-electron chi connectivity index (χ2n) is 5.05. The van der Waals surface area contributed by atoms with Crippen molar-refractivity contribution in [1.82, 2.24) is 0 Å². The molecule has 0 heterocycles. The van der Waals surface area contributed by atoms with Gasteiger partial charge in [-0.05, 0) is 30.7 Å². The molecule has 0 fully saturated rings. The van der Waals surface area contributed by atoms with Gasteiger partial charge >= 0.3 is 18.0 Å². The molecule has 10 heteroatoms. The standard InChI is InChI=1S/C17H11F3N2O5/c1-2-26-16(23)13-7-6-12(14(9-21)15(13)22(24)25)10-4-3-5-11(8-10)27-17(18,19)20/h3-8H,2H2,1H3. The van der Waals surface area contributed by atoms with Crippen LogP contribution in [-0.2, 0) is 4.74 Å². The van der Waals surface area contributed by atoms with Crippen LogP contribution in [0.4, 0.5) is 18.9 Å². The molecule has 140 valence electrons. The molecule has 2 aromatic rings. The van der Waals surface area contributed by atoms with Gasteiger partial charge in [-0.25, -0.2) is 4.79 Å². The summed E-state index contributed by atoms with van der Waals surface area (Å²) in [6.07, 6.45) is -4.92. The van der Waals surface area contributed by atoms with E-state index in [-0.39, 0.29) is 17.7 Å². The lowest BCUT2D eigenvalue weighted by Crippen LogP contribution is -2.17. The van der Waals surface area contributed by atoms with Gasteiger partial charge in [0, 0.05) is 5.56 Å². The largest absolute Gasteiger partial charge is 0.573 e. The Hall–Kier alpha value is -3.61. The molecule has 0 amide bonds. The first kappa shape index (κ1) is 19.7. The number of alkyl halides is 3. The zero-order valence-corrected chi connectivity index (χ0v) is 13.7. The second kappa shape index (κ2) is 7.74. The number of halogens is 3. The average Bonchev–Trinajstić information content (AvgIpc) is 2.59. The van der Waals surface area contributed by atoms with Crippen LogP contribution >= 0.6 is 0 Å². The van der Waals surface area contributed by atoms with E-state index < -0.39 is 39.8 Å². The van der Waals surface area contributed by atoms with Gasteiger partial charge in [-0.15, -0.1) is 13.2 Å². The maximum absolute atomic E-state index is 12.4. The van der Waals surface area contributed by atoms with Crippen molar-refractivity contribution in [3.63, 3.8) is 0 Å². The van der Waals surface area contributed by atoms with Gasteiger partial charge in [0.2, 0.25) is 0 Å². The third-order valence-electron chi connectivity index (χ3n) is 3.35. The summed E-state index contributed by atoms with van der Waals surface area (Å²) in [6.45, 7) is 1.48. The Morgan fingerprint density at radius 1 is 1.30 bits per heavy atom. The summed E-state index contributed by atoms with van der Waals surface area (Å²) in [7, 11) is 0. The fourth-order valence-corrected chi connectivity index (χ4v) is 2.37. The topological polar surface area (TPSA) is 102 Å². The summed E-state index contributed by atoms with van der Waals surface area (Å²) in [4.78, 5) is 22.4. The van der Waals surface area contributed by atoms with Crippen molar-refractivity contribution < 1.29 is 32.4 Å². The van der Waals surface area contributed by atoms with Crippen LogP contribution in [0, 0.1) is 21.4 Å². The minimum absolute atomic E-state index is 0.0233. The van der Waals surface area contributed by atoms with E-state index in [9.17, 15) is 33.3 Å². The number of nitriles is 1. The highest BCUT2D eigenvalue weighted by Gasteiger charge is 2.32. The highest BCUT2D eigenvalue weighted by molar-refractivity contribution is 5.97. The Bertz CT molecular complexity index is 935. The first-order valence-electron chi connectivity index (χ1n) is 7.42. The van der Waals surface area contributed by atoms with Crippen LogP contribution in [0.2, 0.25) is 0 Å². The number of ether oxygens (including phenoxy) is 2. The average molecular weight is 380 g/mol. The van der Waals surface area contributed by atoms with Crippen molar-refractivity contribution in [3.8, 4) is 22.9 Å². The Kier molecular flexibility index (Phi) is 5.65. The van der Waals surface area contributed by atoms with Gasteiger partial charge in [0.25, 0.3) is 0 Å². The SMILES string of the molecule is CCOC(=O)c1ccc(-c2cccc(OC(F)(F)F)c2)c(C#N)c1[N+](=O)[O-]. The van der Waals surface area contributed by atoms with Gasteiger partial charge in [-0.3, -0.25) is 10.1 Å². The minimum Gasteiger partial charge on any atom is -0.462 e. The van der Waals surface area contributed by atoms with E-state index in [4.69, 9.17) is 4.74 Å². The number of carbonyl (C=O) groups excluding carboxylic acids is 1. The maximum Gasteiger partial charge on any atom is 0.573 e. The molecule has 0 atom stereocenters. The summed E-state index contributed by atoms with van der Waals surface area (Å²) >= 11 is 0. The molecule has 0 bridgehead atoms. The number of carbonyl (C=O) groups is 1. The van der Waals surface area contributed by atoms with Crippen LogP contribution < -0.4 is 4.74 Å². The molecular formula is C17H11F3N2O5. The highest BCUT2D eigenvalue weighted by atomic mass is 19.4. The Balaban J connectivity index is 2.64. The number of esters is 1. The number of nitro groups is 1. The molecule has 7 nitrogen and oxygen atoms in total. The number of hydrogen-bond acceptors (Lipinski definition) is 6. The van der Waals surface area contributed by atoms with E-state index in [0.717, 1.165) is 18.2 Å². The molecule has 0 aliphatic carbocycles. The predicted octanol–water partition coefficient (Wildman–Crippen LogP) is 4.21. The molecule has 0 spiro atoms. The molecule has 0 saturated carbocycles. The number of rotatable bonds is 5. The monoisotopic (exact) mass is 380 g/mol. The Labute approximate surface area is 150 Å². The molecule has 2 rings (SSSR count). The van der Waals surface area contributed by atoms with Crippen LogP contribution in [0.5, 0.6) is 5.75 Å². The summed E-state index contributed by atoms with van der Waals surface area (Å²) in [5.41, 5.74) is -1.63. The van der Waals surface area contributed by atoms with E-state index >= 15 is 0 Å². The summed E-state index contributed by atoms with van der Waals surface area (Å²) in [5.74, 6) is -1.54. The van der Waals surface area contributed by atoms with E-state index in [2.05, 4.69) is 4.74 Å².